The fourth-order valence-electron chi connectivity index (χ4n) is 4.60. The van der Waals surface area contributed by atoms with Crippen LogP contribution in [0.5, 0.6) is 0 Å². The zero-order valence-electron chi connectivity index (χ0n) is 22.5. The van der Waals surface area contributed by atoms with Crippen molar-refractivity contribution in [2.24, 2.45) is 0 Å². The highest BCUT2D eigenvalue weighted by molar-refractivity contribution is 6.76. The first-order chi connectivity index (χ1) is 17.0. The topological polar surface area (TPSA) is 50.6 Å². The third-order valence-electron chi connectivity index (χ3n) is 7.06. The predicted molar refractivity (Wildman–Crippen MR) is 146 cm³/mol. The van der Waals surface area contributed by atoms with Crippen LogP contribution in [0.4, 0.5) is 4.39 Å². The Morgan fingerprint density at radius 2 is 1.78 bits per heavy atom. The molecule has 0 atom stereocenters. The number of carbonyl (C=O) groups excluding carboxylic acids is 1. The van der Waals surface area contributed by atoms with E-state index in [1.807, 2.05) is 47.7 Å². The van der Waals surface area contributed by atoms with Crippen LogP contribution in [0, 0.1) is 26.6 Å². The van der Waals surface area contributed by atoms with Crippen LogP contribution >= 0.6 is 0 Å². The minimum absolute atomic E-state index is 0.0366. The molecule has 1 fully saturated rings. The Hall–Kier alpha value is -2.55. The number of nitrogens with zero attached hydrogens (tertiary/aromatic N) is 4. The van der Waals surface area contributed by atoms with Gasteiger partial charge in [0.1, 0.15) is 18.2 Å². The summed E-state index contributed by atoms with van der Waals surface area (Å²) < 4.78 is 21.7. The molecule has 1 amide bonds. The van der Waals surface area contributed by atoms with Crippen LogP contribution in [-0.2, 0) is 18.0 Å². The monoisotopic (exact) mass is 510 g/mol. The van der Waals surface area contributed by atoms with Gasteiger partial charge >= 0.3 is 0 Å². The smallest absolute Gasteiger partial charge is 0.255 e. The highest BCUT2D eigenvalue weighted by Crippen LogP contribution is 2.22. The van der Waals surface area contributed by atoms with Crippen molar-refractivity contribution in [3.63, 3.8) is 0 Å². The average molecular weight is 511 g/mol. The number of halogens is 1. The van der Waals surface area contributed by atoms with Crippen molar-refractivity contribution in [3.8, 4) is 0 Å². The molecular formula is C28H39FN4O2Si. The molecule has 1 aliphatic heterocycles. The Morgan fingerprint density at radius 3 is 2.47 bits per heavy atom. The maximum absolute atomic E-state index is 13.8. The largest absolute Gasteiger partial charge is 0.361 e. The quantitative estimate of drug-likeness (QED) is 0.302. The molecule has 3 heterocycles. The second kappa shape index (κ2) is 10.8. The number of hydrogen-bond acceptors (Lipinski definition) is 4. The molecule has 6 nitrogen and oxygen atoms in total. The van der Waals surface area contributed by atoms with Gasteiger partial charge in [-0.25, -0.2) is 9.37 Å². The van der Waals surface area contributed by atoms with Gasteiger partial charge in [-0.1, -0.05) is 25.7 Å². The third kappa shape index (κ3) is 6.22. The number of fused-ring (bicyclic) bond motifs is 1. The van der Waals surface area contributed by atoms with E-state index in [-0.39, 0.29) is 11.7 Å². The van der Waals surface area contributed by atoms with Gasteiger partial charge in [-0.2, -0.15) is 0 Å². The molecule has 0 saturated carbocycles. The van der Waals surface area contributed by atoms with Crippen molar-refractivity contribution in [2.45, 2.75) is 59.7 Å². The Morgan fingerprint density at radius 1 is 1.06 bits per heavy atom. The molecular weight excluding hydrogens is 471 g/mol. The Balaban J connectivity index is 1.37. The van der Waals surface area contributed by atoms with E-state index in [0.29, 0.717) is 30.9 Å². The summed E-state index contributed by atoms with van der Waals surface area (Å²) in [7, 11) is -1.12. The van der Waals surface area contributed by atoms with Crippen LogP contribution < -0.4 is 0 Å². The third-order valence-corrected chi connectivity index (χ3v) is 8.76. The second-order valence-electron chi connectivity index (χ2n) is 11.3. The Bertz CT molecular complexity index is 1240. The normalized spacial score (nSPS) is 15.1. The number of ether oxygens (including phenoxy) is 1. The van der Waals surface area contributed by atoms with Gasteiger partial charge < -0.3 is 14.2 Å². The number of benzene rings is 1. The first kappa shape index (κ1) is 26.5. The minimum Gasteiger partial charge on any atom is -0.361 e. The van der Waals surface area contributed by atoms with E-state index in [2.05, 4.69) is 24.5 Å². The maximum atomic E-state index is 13.8. The number of carbonyl (C=O) groups is 1. The zero-order valence-corrected chi connectivity index (χ0v) is 23.5. The first-order valence-corrected chi connectivity index (χ1v) is 16.5. The van der Waals surface area contributed by atoms with E-state index in [4.69, 9.17) is 9.72 Å². The number of amides is 1. The lowest BCUT2D eigenvalue weighted by atomic mass is 10.0. The van der Waals surface area contributed by atoms with Gasteiger partial charge in [-0.3, -0.25) is 9.69 Å². The first-order valence-electron chi connectivity index (χ1n) is 12.8. The molecule has 0 bridgehead atoms. The van der Waals surface area contributed by atoms with Crippen molar-refractivity contribution < 1.29 is 13.9 Å². The fourth-order valence-corrected chi connectivity index (χ4v) is 5.35. The number of rotatable bonds is 8. The summed E-state index contributed by atoms with van der Waals surface area (Å²) in [4.78, 5) is 22.4. The lowest BCUT2D eigenvalue weighted by molar-refractivity contribution is 0.0627. The summed E-state index contributed by atoms with van der Waals surface area (Å²) in [5.74, 6) is -0.119. The molecule has 4 rings (SSSR count). The lowest BCUT2D eigenvalue weighted by Crippen LogP contribution is -2.48. The Labute approximate surface area is 215 Å². The molecule has 1 saturated heterocycles. The Kier molecular flexibility index (Phi) is 7.97. The van der Waals surface area contributed by atoms with Crippen LogP contribution in [0.2, 0.25) is 25.7 Å². The van der Waals surface area contributed by atoms with E-state index in [1.54, 1.807) is 13.0 Å². The standard InChI is InChI=1S/C28H39FN4O2Si/c1-20-16-26(29)21(2)15-24(20)18-31-9-11-32(12-10-31)28(34)25-17-23-7-8-33(27(23)30-22(25)3)19-35-13-14-36(4,5)6/h7-8,15-17H,9-14,18-19H2,1-6H3. The molecule has 1 aliphatic rings. The van der Waals surface area contributed by atoms with Crippen molar-refractivity contribution >= 4 is 25.0 Å². The predicted octanol–water partition coefficient (Wildman–Crippen LogP) is 5.37. The number of aryl methyl sites for hydroxylation is 3. The number of piperazine rings is 1. The molecule has 0 radical (unpaired) electrons. The molecule has 8 heteroatoms. The molecule has 2 aromatic heterocycles. The van der Waals surface area contributed by atoms with Gasteiger partial charge in [0.2, 0.25) is 0 Å². The maximum Gasteiger partial charge on any atom is 0.255 e. The van der Waals surface area contributed by atoms with E-state index < -0.39 is 8.07 Å². The number of hydrogen-bond donors (Lipinski definition) is 0. The fraction of sp³-hybridized carbons (Fsp3) is 0.500. The van der Waals surface area contributed by atoms with E-state index >= 15 is 0 Å². The highest BCUT2D eigenvalue weighted by Gasteiger charge is 2.25. The number of aromatic nitrogens is 2. The summed E-state index contributed by atoms with van der Waals surface area (Å²) in [6.45, 7) is 17.6. The van der Waals surface area contributed by atoms with Crippen molar-refractivity contribution in [1.29, 1.82) is 0 Å². The molecule has 0 aliphatic carbocycles. The van der Waals surface area contributed by atoms with E-state index in [0.717, 1.165) is 60.1 Å². The van der Waals surface area contributed by atoms with Gasteiger partial charge in [0.15, 0.2) is 0 Å². The molecule has 0 N–H and O–H groups in total. The lowest BCUT2D eigenvalue weighted by Gasteiger charge is -2.35. The molecule has 0 unspecified atom stereocenters. The molecule has 1 aromatic carbocycles. The summed E-state index contributed by atoms with van der Waals surface area (Å²) in [6.07, 6.45) is 1.98. The van der Waals surface area contributed by atoms with Gasteiger partial charge in [0, 0.05) is 59.0 Å². The minimum atomic E-state index is -1.12. The van der Waals surface area contributed by atoms with Crippen LogP contribution in [0.3, 0.4) is 0 Å². The average Bonchev–Trinajstić information content (AvgIpc) is 3.20. The summed E-state index contributed by atoms with van der Waals surface area (Å²) in [5, 5.41) is 0.957. The molecule has 3 aromatic rings. The van der Waals surface area contributed by atoms with Crippen molar-refractivity contribution in [2.75, 3.05) is 32.8 Å². The second-order valence-corrected chi connectivity index (χ2v) is 16.9. The van der Waals surface area contributed by atoms with Crippen molar-refractivity contribution in [3.05, 3.63) is 64.2 Å². The summed E-state index contributed by atoms with van der Waals surface area (Å²) >= 11 is 0. The van der Waals surface area contributed by atoms with Gasteiger partial charge in [-0.15, -0.1) is 0 Å². The summed E-state index contributed by atoms with van der Waals surface area (Å²) in [6, 6.07) is 8.66. The van der Waals surface area contributed by atoms with Crippen LogP contribution in [0.25, 0.3) is 11.0 Å². The van der Waals surface area contributed by atoms with Crippen LogP contribution in [0.15, 0.2) is 30.5 Å². The van der Waals surface area contributed by atoms with Crippen molar-refractivity contribution in [1.82, 2.24) is 19.4 Å². The molecule has 0 spiro atoms. The number of pyridine rings is 1. The molecule has 36 heavy (non-hydrogen) atoms. The van der Waals surface area contributed by atoms with Crippen LogP contribution in [-0.4, -0.2) is 66.1 Å². The SMILES string of the molecule is Cc1cc(CN2CCN(C(=O)c3cc4ccn(COCC[Si](C)(C)C)c4nc3C)CC2)c(C)cc1F. The van der Waals surface area contributed by atoms with E-state index in [9.17, 15) is 9.18 Å². The van der Waals surface area contributed by atoms with E-state index in [1.165, 1.54) is 0 Å². The zero-order chi connectivity index (χ0) is 26.0. The van der Waals surface area contributed by atoms with Gasteiger partial charge in [0.25, 0.3) is 5.91 Å². The van der Waals surface area contributed by atoms with Gasteiger partial charge in [0.05, 0.1) is 11.3 Å². The highest BCUT2D eigenvalue weighted by atomic mass is 28.3. The van der Waals surface area contributed by atoms with Gasteiger partial charge in [-0.05, 0) is 61.7 Å². The van der Waals surface area contributed by atoms with Crippen LogP contribution in [0.1, 0.15) is 32.7 Å². The summed E-state index contributed by atoms with van der Waals surface area (Å²) in [5.41, 5.74) is 5.06. The molecule has 194 valence electrons.